The van der Waals surface area contributed by atoms with Crippen LogP contribution in [0.3, 0.4) is 0 Å². The number of halogens is 3. The van der Waals surface area contributed by atoms with Crippen LogP contribution in [0.1, 0.15) is 18.4 Å². The summed E-state index contributed by atoms with van der Waals surface area (Å²) in [6, 6.07) is 23.3. The second kappa shape index (κ2) is 10.2. The minimum Gasteiger partial charge on any atom is -0.375 e. The number of carbonyl (C=O) groups is 1. The summed E-state index contributed by atoms with van der Waals surface area (Å²) in [5.74, 6) is -1.25. The van der Waals surface area contributed by atoms with Gasteiger partial charge < -0.3 is 10.4 Å². The Labute approximate surface area is 252 Å². The zero-order chi connectivity index (χ0) is 31.4. The molecule has 7 rings (SSSR count). The number of amides is 1. The Bertz CT molecular complexity index is 2120. The van der Waals surface area contributed by atoms with Crippen molar-refractivity contribution < 1.29 is 23.1 Å². The molecule has 0 saturated heterocycles. The topological polar surface area (TPSA) is 142 Å². The van der Waals surface area contributed by atoms with Gasteiger partial charge in [0, 0.05) is 47.9 Å². The first kappa shape index (κ1) is 28.1. The summed E-state index contributed by atoms with van der Waals surface area (Å²) in [5, 5.41) is 31.1. The molecule has 0 spiro atoms. The van der Waals surface area contributed by atoms with Crippen LogP contribution in [-0.4, -0.2) is 52.3 Å². The molecule has 4 aromatic heterocycles. The van der Waals surface area contributed by atoms with Crippen LogP contribution < -0.4 is 5.32 Å². The first-order chi connectivity index (χ1) is 21.6. The number of hydrogen-bond donors (Lipinski definition) is 2. The van der Waals surface area contributed by atoms with Crippen molar-refractivity contribution in [1.29, 1.82) is 5.26 Å². The number of hydrogen-bond acceptors (Lipinski definition) is 8. The van der Waals surface area contributed by atoms with Gasteiger partial charge in [0.15, 0.2) is 17.1 Å². The van der Waals surface area contributed by atoms with Gasteiger partial charge in [-0.15, -0.1) is 10.2 Å². The van der Waals surface area contributed by atoms with Gasteiger partial charge in [-0.2, -0.15) is 18.4 Å². The van der Waals surface area contributed by atoms with Gasteiger partial charge in [-0.3, -0.25) is 9.20 Å². The number of pyridine rings is 2. The molecule has 1 amide bonds. The van der Waals surface area contributed by atoms with Crippen LogP contribution in [0.4, 0.5) is 13.2 Å². The van der Waals surface area contributed by atoms with Gasteiger partial charge in [0.1, 0.15) is 0 Å². The molecule has 0 radical (unpaired) electrons. The van der Waals surface area contributed by atoms with Crippen LogP contribution in [-0.2, 0) is 10.3 Å². The maximum absolute atomic E-state index is 13.2. The van der Waals surface area contributed by atoms with Crippen molar-refractivity contribution in [3.8, 4) is 40.1 Å². The number of aromatic nitrogens is 6. The second-order valence-electron chi connectivity index (χ2n) is 10.9. The van der Waals surface area contributed by atoms with Crippen molar-refractivity contribution in [1.82, 2.24) is 34.9 Å². The number of nitrogens with one attached hydrogen (secondary N) is 1. The Hall–Kier alpha value is -5.74. The van der Waals surface area contributed by atoms with E-state index in [1.807, 2.05) is 47.8 Å². The lowest BCUT2D eigenvalue weighted by atomic mass is 9.62. The quantitative estimate of drug-likeness (QED) is 0.262. The standard InChI is InChI=1S/C32H21F3N8O2/c33-32(34,35)29(44)40-31(16-30(45,17-31)18-36)21-9-7-20(8-10-21)25-22(19-5-2-1-3-6-19)15-23-24(39-25)11-14-43-27(23)41-42-28(43)26-37-12-4-13-38-26/h1-15,45H,16-17H2,(H,40,44). The van der Waals surface area contributed by atoms with Crippen molar-refractivity contribution in [3.63, 3.8) is 0 Å². The van der Waals surface area contributed by atoms with E-state index in [2.05, 4.69) is 20.2 Å². The Morgan fingerprint density at radius 2 is 1.67 bits per heavy atom. The van der Waals surface area contributed by atoms with E-state index in [4.69, 9.17) is 4.98 Å². The molecule has 0 atom stereocenters. The van der Waals surface area contributed by atoms with Crippen LogP contribution in [0.5, 0.6) is 0 Å². The summed E-state index contributed by atoms with van der Waals surface area (Å²) in [7, 11) is 0. The molecule has 2 N–H and O–H groups in total. The predicted molar refractivity (Wildman–Crippen MR) is 156 cm³/mol. The fraction of sp³-hybridized carbons (Fsp3) is 0.156. The van der Waals surface area contributed by atoms with E-state index in [-0.39, 0.29) is 12.8 Å². The van der Waals surface area contributed by atoms with Crippen LogP contribution in [0.2, 0.25) is 0 Å². The van der Waals surface area contributed by atoms with Crippen LogP contribution in [0.25, 0.3) is 50.6 Å². The molecule has 2 aromatic carbocycles. The molecule has 45 heavy (non-hydrogen) atoms. The highest BCUT2D eigenvalue weighted by Gasteiger charge is 2.58. The molecule has 1 fully saturated rings. The lowest BCUT2D eigenvalue weighted by Crippen LogP contribution is -2.64. The first-order valence-electron chi connectivity index (χ1n) is 13.7. The number of benzene rings is 2. The average Bonchev–Trinajstić information content (AvgIpc) is 3.48. The fourth-order valence-electron chi connectivity index (χ4n) is 5.85. The zero-order valence-corrected chi connectivity index (χ0v) is 23.2. The molecule has 222 valence electrons. The van der Waals surface area contributed by atoms with E-state index in [9.17, 15) is 28.3 Å². The lowest BCUT2D eigenvalue weighted by Gasteiger charge is -2.50. The minimum absolute atomic E-state index is 0.326. The summed E-state index contributed by atoms with van der Waals surface area (Å²) in [5.41, 5.74) is 0.994. The van der Waals surface area contributed by atoms with Gasteiger partial charge >= 0.3 is 12.1 Å². The van der Waals surface area contributed by atoms with E-state index in [0.29, 0.717) is 39.6 Å². The number of rotatable bonds is 5. The highest BCUT2D eigenvalue weighted by atomic mass is 19.4. The summed E-state index contributed by atoms with van der Waals surface area (Å²) in [6.07, 6.45) is -0.865. The molecule has 10 nitrogen and oxygen atoms in total. The highest BCUT2D eigenvalue weighted by molar-refractivity contribution is 5.98. The molecular formula is C32H21F3N8O2. The van der Waals surface area contributed by atoms with E-state index < -0.39 is 23.2 Å². The summed E-state index contributed by atoms with van der Waals surface area (Å²) in [6.45, 7) is 0. The monoisotopic (exact) mass is 606 g/mol. The van der Waals surface area contributed by atoms with Crippen molar-refractivity contribution in [2.75, 3.05) is 0 Å². The van der Waals surface area contributed by atoms with Crippen LogP contribution in [0.15, 0.2) is 91.4 Å². The zero-order valence-electron chi connectivity index (χ0n) is 23.2. The highest BCUT2D eigenvalue weighted by Crippen LogP contribution is 2.49. The summed E-state index contributed by atoms with van der Waals surface area (Å²) < 4.78 is 41.3. The van der Waals surface area contributed by atoms with Crippen molar-refractivity contribution in [2.24, 2.45) is 0 Å². The van der Waals surface area contributed by atoms with Crippen molar-refractivity contribution in [3.05, 3.63) is 97.0 Å². The van der Waals surface area contributed by atoms with Crippen LogP contribution >= 0.6 is 0 Å². The van der Waals surface area contributed by atoms with E-state index in [1.165, 1.54) is 0 Å². The third-order valence-corrected chi connectivity index (χ3v) is 7.94. The number of carbonyl (C=O) groups excluding carboxylic acids is 1. The normalized spacial score (nSPS) is 19.6. The largest absolute Gasteiger partial charge is 0.471 e. The molecular weight excluding hydrogens is 585 g/mol. The number of aliphatic hydroxyl groups is 1. The van der Waals surface area contributed by atoms with Crippen molar-refractivity contribution >= 4 is 22.5 Å². The smallest absolute Gasteiger partial charge is 0.375 e. The Morgan fingerprint density at radius 1 is 0.956 bits per heavy atom. The maximum atomic E-state index is 13.2. The van der Waals surface area contributed by atoms with Gasteiger partial charge in [-0.05, 0) is 29.3 Å². The Morgan fingerprint density at radius 3 is 2.33 bits per heavy atom. The van der Waals surface area contributed by atoms with Gasteiger partial charge in [-0.25, -0.2) is 15.0 Å². The predicted octanol–water partition coefficient (Wildman–Crippen LogP) is 4.99. The SMILES string of the molecule is N#CC1(O)CC(NC(=O)C(F)(F)F)(c2ccc(-c3nc4ccn5c(-c6ncccn6)nnc5c4cc3-c3ccccc3)cc2)C1. The van der Waals surface area contributed by atoms with E-state index in [1.54, 1.807) is 59.4 Å². The molecule has 0 aliphatic heterocycles. The van der Waals surface area contributed by atoms with Crippen LogP contribution in [0, 0.1) is 11.3 Å². The van der Waals surface area contributed by atoms with Gasteiger partial charge in [-0.1, -0.05) is 54.6 Å². The molecule has 1 aliphatic carbocycles. The first-order valence-corrected chi connectivity index (χ1v) is 13.7. The number of nitriles is 1. The maximum Gasteiger partial charge on any atom is 0.471 e. The summed E-state index contributed by atoms with van der Waals surface area (Å²) >= 11 is 0. The molecule has 0 bridgehead atoms. The molecule has 13 heteroatoms. The molecule has 4 heterocycles. The molecule has 6 aromatic rings. The molecule has 1 saturated carbocycles. The van der Waals surface area contributed by atoms with Gasteiger partial charge in [0.25, 0.3) is 0 Å². The fourth-order valence-corrected chi connectivity index (χ4v) is 5.85. The number of nitrogens with zero attached hydrogens (tertiary/aromatic N) is 7. The number of alkyl halides is 3. The number of fused-ring (bicyclic) bond motifs is 3. The van der Waals surface area contributed by atoms with E-state index in [0.717, 1.165) is 16.5 Å². The third-order valence-electron chi connectivity index (χ3n) is 7.94. The van der Waals surface area contributed by atoms with Crippen molar-refractivity contribution in [2.45, 2.75) is 30.2 Å². The molecule has 1 aliphatic rings. The third kappa shape index (κ3) is 4.81. The van der Waals surface area contributed by atoms with E-state index >= 15 is 0 Å². The Balaban J connectivity index is 1.34. The minimum atomic E-state index is -5.13. The van der Waals surface area contributed by atoms with Gasteiger partial charge in [0.2, 0.25) is 5.82 Å². The molecule has 0 unspecified atom stereocenters. The van der Waals surface area contributed by atoms with Gasteiger partial charge in [0.05, 0.1) is 22.8 Å². The second-order valence-corrected chi connectivity index (χ2v) is 10.9. The Kier molecular flexibility index (Phi) is 6.34. The lowest BCUT2D eigenvalue weighted by molar-refractivity contribution is -0.180. The average molecular weight is 607 g/mol. The summed E-state index contributed by atoms with van der Waals surface area (Å²) in [4.78, 5) is 25.5.